The van der Waals surface area contributed by atoms with Crippen LogP contribution >= 0.6 is 11.3 Å². The number of hydrogen-bond acceptors (Lipinski definition) is 6. The highest BCUT2D eigenvalue weighted by atomic mass is 32.1. The molecule has 0 spiro atoms. The van der Waals surface area contributed by atoms with Gasteiger partial charge in [0.1, 0.15) is 22.3 Å². The van der Waals surface area contributed by atoms with Crippen LogP contribution in [0.1, 0.15) is 12.6 Å². The summed E-state index contributed by atoms with van der Waals surface area (Å²) in [7, 11) is 4.88. The van der Waals surface area contributed by atoms with Crippen LogP contribution in [0.5, 0.6) is 17.2 Å². The molecule has 1 aromatic carbocycles. The highest BCUT2D eigenvalue weighted by molar-refractivity contribution is 7.13. The monoisotopic (exact) mass is 308 g/mol. The van der Waals surface area contributed by atoms with Crippen molar-refractivity contribution in [2.45, 2.75) is 13.5 Å². The summed E-state index contributed by atoms with van der Waals surface area (Å²) in [5.74, 6) is 2.07. The lowest BCUT2D eigenvalue weighted by molar-refractivity contribution is 0.377. The Balaban J connectivity index is 2.43. The lowest BCUT2D eigenvalue weighted by Crippen LogP contribution is -2.11. The van der Waals surface area contributed by atoms with Crippen LogP contribution in [0, 0.1) is 0 Å². The number of rotatable bonds is 7. The summed E-state index contributed by atoms with van der Waals surface area (Å²) in [6, 6.07) is 3.67. The van der Waals surface area contributed by atoms with Crippen LogP contribution < -0.4 is 19.5 Å². The fraction of sp³-hybridized carbons (Fsp3) is 0.400. The van der Waals surface area contributed by atoms with Gasteiger partial charge in [-0.2, -0.15) is 0 Å². The maximum absolute atomic E-state index is 5.47. The molecule has 2 rings (SSSR count). The first-order valence-corrected chi connectivity index (χ1v) is 7.56. The molecular formula is C15H20N2O3S. The summed E-state index contributed by atoms with van der Waals surface area (Å²) in [6.45, 7) is 3.75. The molecule has 114 valence electrons. The van der Waals surface area contributed by atoms with Gasteiger partial charge >= 0.3 is 0 Å². The number of nitrogens with one attached hydrogen (secondary N) is 1. The van der Waals surface area contributed by atoms with Gasteiger partial charge in [-0.25, -0.2) is 4.98 Å². The van der Waals surface area contributed by atoms with Gasteiger partial charge in [-0.15, -0.1) is 11.3 Å². The van der Waals surface area contributed by atoms with Gasteiger partial charge in [0.2, 0.25) is 0 Å². The maximum Gasteiger partial charge on any atom is 0.136 e. The fourth-order valence-corrected chi connectivity index (χ4v) is 2.85. The van der Waals surface area contributed by atoms with E-state index in [1.807, 2.05) is 17.5 Å². The molecule has 0 aliphatic carbocycles. The zero-order valence-electron chi connectivity index (χ0n) is 12.7. The number of nitrogens with zero attached hydrogens (tertiary/aromatic N) is 1. The van der Waals surface area contributed by atoms with Gasteiger partial charge < -0.3 is 19.5 Å². The van der Waals surface area contributed by atoms with Crippen molar-refractivity contribution in [3.63, 3.8) is 0 Å². The first-order valence-electron chi connectivity index (χ1n) is 6.69. The standard InChI is InChI=1S/C15H20N2O3S/c1-5-16-8-10-9-21-15(17-10)14-12(19-3)6-11(18-2)7-13(14)20-4/h6-7,9,16H,5,8H2,1-4H3. The molecule has 21 heavy (non-hydrogen) atoms. The highest BCUT2D eigenvalue weighted by Crippen LogP contribution is 2.42. The molecule has 0 aliphatic rings. The maximum atomic E-state index is 5.47. The van der Waals surface area contributed by atoms with Crippen molar-refractivity contribution < 1.29 is 14.2 Å². The Morgan fingerprint density at radius 1 is 1.10 bits per heavy atom. The third-order valence-corrected chi connectivity index (χ3v) is 3.95. The number of benzene rings is 1. The van der Waals surface area contributed by atoms with Gasteiger partial charge in [0, 0.05) is 24.1 Å². The molecule has 2 aromatic rings. The molecule has 0 radical (unpaired) electrons. The van der Waals surface area contributed by atoms with Crippen LogP contribution in [0.25, 0.3) is 10.6 Å². The Bertz CT molecular complexity index is 573. The van der Waals surface area contributed by atoms with Crippen LogP contribution in [-0.4, -0.2) is 32.9 Å². The topological polar surface area (TPSA) is 52.6 Å². The molecule has 0 unspecified atom stereocenters. The summed E-state index contributed by atoms with van der Waals surface area (Å²) in [6.07, 6.45) is 0. The molecule has 0 aliphatic heterocycles. The minimum atomic E-state index is 0.690. The van der Waals surface area contributed by atoms with E-state index in [-0.39, 0.29) is 0 Å². The Kier molecular flexibility index (Phi) is 5.41. The summed E-state index contributed by atoms with van der Waals surface area (Å²) in [5, 5.41) is 6.18. The minimum Gasteiger partial charge on any atom is -0.496 e. The van der Waals surface area contributed by atoms with Crippen LogP contribution in [0.4, 0.5) is 0 Å². The zero-order valence-corrected chi connectivity index (χ0v) is 13.5. The molecule has 0 fully saturated rings. The van der Waals surface area contributed by atoms with Crippen molar-refractivity contribution in [2.75, 3.05) is 27.9 Å². The molecule has 6 heteroatoms. The van der Waals surface area contributed by atoms with E-state index in [2.05, 4.69) is 17.2 Å². The van der Waals surface area contributed by atoms with Gasteiger partial charge in [-0.1, -0.05) is 6.92 Å². The van der Waals surface area contributed by atoms with E-state index in [9.17, 15) is 0 Å². The van der Waals surface area contributed by atoms with E-state index in [1.54, 1.807) is 32.7 Å². The second-order valence-corrected chi connectivity index (χ2v) is 5.19. The van der Waals surface area contributed by atoms with E-state index < -0.39 is 0 Å². The second kappa shape index (κ2) is 7.28. The van der Waals surface area contributed by atoms with Crippen LogP contribution in [-0.2, 0) is 6.54 Å². The molecule has 0 atom stereocenters. The minimum absolute atomic E-state index is 0.690. The normalized spacial score (nSPS) is 10.5. The molecule has 0 amide bonds. The molecule has 0 saturated carbocycles. The number of hydrogen-bond donors (Lipinski definition) is 1. The molecule has 1 heterocycles. The number of aromatic nitrogens is 1. The molecule has 5 nitrogen and oxygen atoms in total. The number of thiazole rings is 1. The van der Waals surface area contributed by atoms with Crippen molar-refractivity contribution in [3.8, 4) is 27.8 Å². The average Bonchev–Trinajstić information content (AvgIpc) is 2.99. The third kappa shape index (κ3) is 3.46. The smallest absolute Gasteiger partial charge is 0.136 e. The Hall–Kier alpha value is -1.79. The van der Waals surface area contributed by atoms with Crippen molar-refractivity contribution in [1.82, 2.24) is 10.3 Å². The molecule has 0 saturated heterocycles. The number of methoxy groups -OCH3 is 3. The van der Waals surface area contributed by atoms with Crippen molar-refractivity contribution >= 4 is 11.3 Å². The third-order valence-electron chi connectivity index (χ3n) is 3.04. The fourth-order valence-electron chi connectivity index (χ4n) is 1.97. The summed E-state index contributed by atoms with van der Waals surface area (Å²) >= 11 is 1.57. The Labute approximate surface area is 128 Å². The van der Waals surface area contributed by atoms with Gasteiger partial charge in [-0.05, 0) is 6.54 Å². The van der Waals surface area contributed by atoms with Gasteiger partial charge in [0.25, 0.3) is 0 Å². The lowest BCUT2D eigenvalue weighted by Gasteiger charge is -2.13. The van der Waals surface area contributed by atoms with E-state index in [0.717, 1.165) is 29.4 Å². The Morgan fingerprint density at radius 2 is 1.76 bits per heavy atom. The lowest BCUT2D eigenvalue weighted by atomic mass is 10.1. The van der Waals surface area contributed by atoms with E-state index in [4.69, 9.17) is 14.2 Å². The Morgan fingerprint density at radius 3 is 2.29 bits per heavy atom. The zero-order chi connectivity index (χ0) is 15.2. The number of ether oxygens (including phenoxy) is 3. The predicted octanol–water partition coefficient (Wildman–Crippen LogP) is 2.95. The van der Waals surface area contributed by atoms with Gasteiger partial charge in [0.15, 0.2) is 0 Å². The summed E-state index contributed by atoms with van der Waals surface area (Å²) in [4.78, 5) is 4.65. The second-order valence-electron chi connectivity index (χ2n) is 4.33. The van der Waals surface area contributed by atoms with Gasteiger partial charge in [0.05, 0.1) is 32.6 Å². The molecule has 1 N–H and O–H groups in total. The summed E-state index contributed by atoms with van der Waals surface area (Å²) in [5.41, 5.74) is 1.87. The van der Waals surface area contributed by atoms with E-state index in [0.29, 0.717) is 17.2 Å². The quantitative estimate of drug-likeness (QED) is 0.852. The van der Waals surface area contributed by atoms with Crippen molar-refractivity contribution in [1.29, 1.82) is 0 Å². The highest BCUT2D eigenvalue weighted by Gasteiger charge is 2.18. The summed E-state index contributed by atoms with van der Waals surface area (Å²) < 4.78 is 16.2. The van der Waals surface area contributed by atoms with Crippen LogP contribution in [0.15, 0.2) is 17.5 Å². The first-order chi connectivity index (χ1) is 10.2. The van der Waals surface area contributed by atoms with Crippen molar-refractivity contribution in [3.05, 3.63) is 23.2 Å². The van der Waals surface area contributed by atoms with Gasteiger partial charge in [-0.3, -0.25) is 0 Å². The van der Waals surface area contributed by atoms with Crippen molar-refractivity contribution in [2.24, 2.45) is 0 Å². The molecular weight excluding hydrogens is 288 g/mol. The van der Waals surface area contributed by atoms with Crippen LogP contribution in [0.2, 0.25) is 0 Å². The largest absolute Gasteiger partial charge is 0.496 e. The molecule has 1 aromatic heterocycles. The van der Waals surface area contributed by atoms with E-state index >= 15 is 0 Å². The predicted molar refractivity (Wildman–Crippen MR) is 84.6 cm³/mol. The molecule has 0 bridgehead atoms. The first kappa shape index (κ1) is 15.6. The van der Waals surface area contributed by atoms with Crippen LogP contribution in [0.3, 0.4) is 0 Å². The van der Waals surface area contributed by atoms with E-state index in [1.165, 1.54) is 0 Å². The SMILES string of the molecule is CCNCc1csc(-c2c(OC)cc(OC)cc2OC)n1. The average molecular weight is 308 g/mol.